The number of hydrogen-bond acceptors (Lipinski definition) is 6. The van der Waals surface area contributed by atoms with Gasteiger partial charge in [-0.3, -0.25) is 0 Å². The molecule has 4 rings (SSSR count). The summed E-state index contributed by atoms with van der Waals surface area (Å²) in [7, 11) is -3.45. The number of ether oxygens (including phenoxy) is 1. The molecule has 2 saturated heterocycles. The second-order valence-electron chi connectivity index (χ2n) is 7.07. The van der Waals surface area contributed by atoms with Gasteiger partial charge in [0.1, 0.15) is 12.1 Å². The molecule has 144 valence electrons. The lowest BCUT2D eigenvalue weighted by molar-refractivity contribution is 0.193. The minimum absolute atomic E-state index is 0.329. The first kappa shape index (κ1) is 18.3. The van der Waals surface area contributed by atoms with Crippen molar-refractivity contribution in [2.24, 2.45) is 0 Å². The molecule has 1 aromatic heterocycles. The molecule has 8 heteroatoms. The van der Waals surface area contributed by atoms with Crippen molar-refractivity contribution in [3.8, 4) is 0 Å². The Morgan fingerprint density at radius 2 is 1.81 bits per heavy atom. The zero-order valence-corrected chi connectivity index (χ0v) is 16.2. The van der Waals surface area contributed by atoms with E-state index in [0.29, 0.717) is 43.6 Å². The van der Waals surface area contributed by atoms with E-state index >= 15 is 0 Å². The van der Waals surface area contributed by atoms with Crippen LogP contribution >= 0.6 is 0 Å². The number of piperazine rings is 1. The SMILES string of the molecule is Cc1ccc(S(=O)(=O)N2CCN(c3cc([C@@H]4CCOC4)ncn3)CC2)cc1. The van der Waals surface area contributed by atoms with Crippen molar-refractivity contribution in [2.45, 2.75) is 24.2 Å². The van der Waals surface area contributed by atoms with Crippen molar-refractivity contribution < 1.29 is 13.2 Å². The molecular weight excluding hydrogens is 364 g/mol. The van der Waals surface area contributed by atoms with Crippen molar-refractivity contribution in [1.29, 1.82) is 0 Å². The molecule has 1 atom stereocenters. The van der Waals surface area contributed by atoms with E-state index in [1.165, 1.54) is 0 Å². The van der Waals surface area contributed by atoms with E-state index in [0.717, 1.165) is 30.1 Å². The van der Waals surface area contributed by atoms with Gasteiger partial charge >= 0.3 is 0 Å². The lowest BCUT2D eigenvalue weighted by atomic mass is 10.0. The first-order chi connectivity index (χ1) is 13.0. The maximum atomic E-state index is 12.8. The summed E-state index contributed by atoms with van der Waals surface area (Å²) in [5, 5.41) is 0. The summed E-state index contributed by atoms with van der Waals surface area (Å²) in [4.78, 5) is 11.3. The van der Waals surface area contributed by atoms with Gasteiger partial charge in [0.25, 0.3) is 0 Å². The summed E-state index contributed by atoms with van der Waals surface area (Å²) < 4.78 is 32.7. The van der Waals surface area contributed by atoms with Gasteiger partial charge in [0, 0.05) is 44.8 Å². The molecule has 0 N–H and O–H groups in total. The minimum atomic E-state index is -3.45. The van der Waals surface area contributed by atoms with Crippen LogP contribution in [0.25, 0.3) is 0 Å². The Balaban J connectivity index is 1.44. The highest BCUT2D eigenvalue weighted by atomic mass is 32.2. The van der Waals surface area contributed by atoms with Crippen molar-refractivity contribution >= 4 is 15.8 Å². The summed E-state index contributed by atoms with van der Waals surface area (Å²) in [6, 6.07) is 9.04. The standard InChI is InChI=1S/C19H24N4O3S/c1-15-2-4-17(5-3-15)27(24,25)23-9-7-22(8-10-23)19-12-18(20-14-21-19)16-6-11-26-13-16/h2-5,12,14,16H,6-11,13H2,1H3/t16-/m1/s1. The first-order valence-corrected chi connectivity index (χ1v) is 10.7. The zero-order chi connectivity index (χ0) is 18.9. The first-order valence-electron chi connectivity index (χ1n) is 9.25. The molecule has 2 fully saturated rings. The molecule has 0 radical (unpaired) electrons. The highest BCUT2D eigenvalue weighted by molar-refractivity contribution is 7.89. The number of aromatic nitrogens is 2. The maximum absolute atomic E-state index is 12.8. The third-order valence-corrected chi connectivity index (χ3v) is 7.16. The summed E-state index contributed by atoms with van der Waals surface area (Å²) >= 11 is 0. The van der Waals surface area contributed by atoms with Gasteiger partial charge in [-0.05, 0) is 25.5 Å². The topological polar surface area (TPSA) is 75.6 Å². The van der Waals surface area contributed by atoms with Crippen LogP contribution in [-0.2, 0) is 14.8 Å². The molecule has 2 aliphatic rings. The van der Waals surface area contributed by atoms with Gasteiger partial charge in [-0.15, -0.1) is 0 Å². The van der Waals surface area contributed by atoms with Crippen molar-refractivity contribution in [1.82, 2.24) is 14.3 Å². The van der Waals surface area contributed by atoms with Gasteiger partial charge in [0.15, 0.2) is 0 Å². The number of anilines is 1. The molecule has 0 saturated carbocycles. The van der Waals surface area contributed by atoms with Crippen LogP contribution in [0.15, 0.2) is 41.6 Å². The maximum Gasteiger partial charge on any atom is 0.243 e. The zero-order valence-electron chi connectivity index (χ0n) is 15.4. The Kier molecular flexibility index (Phi) is 5.12. The molecule has 2 aliphatic heterocycles. The predicted molar refractivity (Wildman–Crippen MR) is 102 cm³/mol. The van der Waals surface area contributed by atoms with Crippen LogP contribution in [0.2, 0.25) is 0 Å². The molecule has 7 nitrogen and oxygen atoms in total. The summed E-state index contributed by atoms with van der Waals surface area (Å²) in [6.07, 6.45) is 2.58. The van der Waals surface area contributed by atoms with E-state index in [2.05, 4.69) is 14.9 Å². The quantitative estimate of drug-likeness (QED) is 0.795. The van der Waals surface area contributed by atoms with Gasteiger partial charge in [0.05, 0.1) is 17.2 Å². The molecule has 0 bridgehead atoms. The van der Waals surface area contributed by atoms with Gasteiger partial charge in [-0.25, -0.2) is 18.4 Å². The van der Waals surface area contributed by atoms with Crippen LogP contribution in [-0.4, -0.2) is 62.1 Å². The molecule has 0 unspecified atom stereocenters. The molecule has 0 amide bonds. The largest absolute Gasteiger partial charge is 0.381 e. The Morgan fingerprint density at radius 3 is 2.48 bits per heavy atom. The fraction of sp³-hybridized carbons (Fsp3) is 0.474. The van der Waals surface area contributed by atoms with Crippen molar-refractivity contribution in [3.05, 3.63) is 47.9 Å². The monoisotopic (exact) mass is 388 g/mol. The van der Waals surface area contributed by atoms with Crippen LogP contribution in [0, 0.1) is 6.92 Å². The minimum Gasteiger partial charge on any atom is -0.381 e. The van der Waals surface area contributed by atoms with E-state index in [1.54, 1.807) is 22.8 Å². The van der Waals surface area contributed by atoms with E-state index in [1.807, 2.05) is 25.1 Å². The average Bonchev–Trinajstić information content (AvgIpc) is 3.23. The average molecular weight is 388 g/mol. The van der Waals surface area contributed by atoms with Crippen LogP contribution in [0.1, 0.15) is 23.6 Å². The Bertz CT molecular complexity index is 887. The number of benzene rings is 1. The van der Waals surface area contributed by atoms with Crippen molar-refractivity contribution in [2.75, 3.05) is 44.3 Å². The Labute approximate surface area is 160 Å². The molecule has 2 aromatic rings. The van der Waals surface area contributed by atoms with Crippen LogP contribution < -0.4 is 4.90 Å². The van der Waals surface area contributed by atoms with Crippen LogP contribution in [0.4, 0.5) is 5.82 Å². The molecule has 27 heavy (non-hydrogen) atoms. The normalized spacial score (nSPS) is 21.5. The van der Waals surface area contributed by atoms with Crippen LogP contribution in [0.5, 0.6) is 0 Å². The Morgan fingerprint density at radius 1 is 1.07 bits per heavy atom. The molecule has 0 aliphatic carbocycles. The van der Waals surface area contributed by atoms with Crippen LogP contribution in [0.3, 0.4) is 0 Å². The number of sulfonamides is 1. The van der Waals surface area contributed by atoms with E-state index < -0.39 is 10.0 Å². The third-order valence-electron chi connectivity index (χ3n) is 5.24. The molecular formula is C19H24N4O3S. The third kappa shape index (κ3) is 3.83. The smallest absolute Gasteiger partial charge is 0.243 e. The Hall–Kier alpha value is -2.03. The van der Waals surface area contributed by atoms with Gasteiger partial charge in [-0.2, -0.15) is 4.31 Å². The molecule has 0 spiro atoms. The molecule has 1 aromatic carbocycles. The summed E-state index contributed by atoms with van der Waals surface area (Å²) in [5.41, 5.74) is 2.05. The number of nitrogens with zero attached hydrogens (tertiary/aromatic N) is 4. The second kappa shape index (κ2) is 7.53. The number of aryl methyl sites for hydroxylation is 1. The number of rotatable bonds is 4. The van der Waals surface area contributed by atoms with Crippen molar-refractivity contribution in [3.63, 3.8) is 0 Å². The van der Waals surface area contributed by atoms with Gasteiger partial charge < -0.3 is 9.64 Å². The lowest BCUT2D eigenvalue weighted by Crippen LogP contribution is -2.49. The predicted octanol–water partition coefficient (Wildman–Crippen LogP) is 1.80. The second-order valence-corrected chi connectivity index (χ2v) is 9.00. The van der Waals surface area contributed by atoms with E-state index in [4.69, 9.17) is 4.74 Å². The highest BCUT2D eigenvalue weighted by Crippen LogP contribution is 2.26. The summed E-state index contributed by atoms with van der Waals surface area (Å²) in [6.45, 7) is 5.55. The highest BCUT2D eigenvalue weighted by Gasteiger charge is 2.29. The fourth-order valence-electron chi connectivity index (χ4n) is 3.54. The fourth-order valence-corrected chi connectivity index (χ4v) is 4.96. The number of hydrogen-bond donors (Lipinski definition) is 0. The van der Waals surface area contributed by atoms with Gasteiger partial charge in [-0.1, -0.05) is 17.7 Å². The van der Waals surface area contributed by atoms with Gasteiger partial charge in [0.2, 0.25) is 10.0 Å². The van der Waals surface area contributed by atoms with E-state index in [-0.39, 0.29) is 0 Å². The lowest BCUT2D eigenvalue weighted by Gasteiger charge is -2.34. The van der Waals surface area contributed by atoms with E-state index in [9.17, 15) is 8.42 Å². The molecule has 3 heterocycles. The summed E-state index contributed by atoms with van der Waals surface area (Å²) in [5.74, 6) is 1.19.